The molecule has 0 aliphatic rings. The molecule has 2 heterocycles. The first kappa shape index (κ1) is 12.1. The Morgan fingerprint density at radius 1 is 1.29 bits per heavy atom. The van der Waals surface area contributed by atoms with E-state index in [9.17, 15) is 0 Å². The molecular formula is C11H16ClN5. The highest BCUT2D eigenvalue weighted by Crippen LogP contribution is 2.18. The Morgan fingerprint density at radius 2 is 2.06 bits per heavy atom. The standard InChI is InChI=1S/C11H16ClN5/c1-8-10(11(12)17(3)15-8)7-13-6-9-4-5-14-16(9)2/h4-5,13H,6-7H2,1-3H3. The van der Waals surface area contributed by atoms with E-state index in [4.69, 9.17) is 11.6 Å². The molecule has 0 fully saturated rings. The summed E-state index contributed by atoms with van der Waals surface area (Å²) in [5, 5.41) is 12.4. The predicted molar refractivity (Wildman–Crippen MR) is 66.7 cm³/mol. The molecule has 17 heavy (non-hydrogen) atoms. The van der Waals surface area contributed by atoms with E-state index < -0.39 is 0 Å². The quantitative estimate of drug-likeness (QED) is 0.896. The fraction of sp³-hybridized carbons (Fsp3) is 0.455. The molecule has 2 aromatic heterocycles. The lowest BCUT2D eigenvalue weighted by molar-refractivity contribution is 0.625. The van der Waals surface area contributed by atoms with E-state index >= 15 is 0 Å². The summed E-state index contributed by atoms with van der Waals surface area (Å²) in [4.78, 5) is 0. The van der Waals surface area contributed by atoms with Gasteiger partial charge in [-0.3, -0.25) is 9.36 Å². The Kier molecular flexibility index (Phi) is 3.49. The molecule has 0 saturated heterocycles. The van der Waals surface area contributed by atoms with E-state index in [1.54, 1.807) is 10.9 Å². The molecule has 0 atom stereocenters. The molecule has 0 spiro atoms. The summed E-state index contributed by atoms with van der Waals surface area (Å²) in [6, 6.07) is 1.99. The minimum atomic E-state index is 0.694. The largest absolute Gasteiger partial charge is 0.307 e. The van der Waals surface area contributed by atoms with Gasteiger partial charge in [-0.15, -0.1) is 0 Å². The van der Waals surface area contributed by atoms with Crippen molar-refractivity contribution in [2.45, 2.75) is 20.0 Å². The van der Waals surface area contributed by atoms with Crippen LogP contribution in [0.1, 0.15) is 17.0 Å². The van der Waals surface area contributed by atoms with Crippen molar-refractivity contribution in [3.05, 3.63) is 34.4 Å². The Morgan fingerprint density at radius 3 is 2.59 bits per heavy atom. The van der Waals surface area contributed by atoms with Crippen LogP contribution in [0.3, 0.4) is 0 Å². The van der Waals surface area contributed by atoms with Crippen LogP contribution in [0.2, 0.25) is 5.15 Å². The molecule has 6 heteroatoms. The Balaban J connectivity index is 1.97. The molecule has 0 aromatic carbocycles. The summed E-state index contributed by atoms with van der Waals surface area (Å²) in [5.41, 5.74) is 3.16. The van der Waals surface area contributed by atoms with Crippen LogP contribution in [0.15, 0.2) is 12.3 Å². The second-order valence-electron chi connectivity index (χ2n) is 4.03. The van der Waals surface area contributed by atoms with Gasteiger partial charge in [-0.25, -0.2) is 0 Å². The molecule has 0 radical (unpaired) electrons. The van der Waals surface area contributed by atoms with Crippen molar-refractivity contribution < 1.29 is 0 Å². The molecule has 0 aliphatic heterocycles. The fourth-order valence-electron chi connectivity index (χ4n) is 1.77. The lowest BCUT2D eigenvalue weighted by atomic mass is 10.2. The topological polar surface area (TPSA) is 47.7 Å². The monoisotopic (exact) mass is 253 g/mol. The third-order valence-corrected chi connectivity index (χ3v) is 3.27. The van der Waals surface area contributed by atoms with Gasteiger partial charge < -0.3 is 5.32 Å². The summed E-state index contributed by atoms with van der Waals surface area (Å²) in [7, 11) is 3.78. The highest BCUT2D eigenvalue weighted by atomic mass is 35.5. The Bertz CT molecular complexity index is 514. The maximum Gasteiger partial charge on any atom is 0.131 e. The van der Waals surface area contributed by atoms with Crippen LogP contribution in [-0.4, -0.2) is 19.6 Å². The van der Waals surface area contributed by atoms with Gasteiger partial charge in [0.2, 0.25) is 0 Å². The number of rotatable bonds is 4. The summed E-state index contributed by atoms with van der Waals surface area (Å²) < 4.78 is 3.54. The second-order valence-corrected chi connectivity index (χ2v) is 4.39. The number of nitrogens with one attached hydrogen (secondary N) is 1. The van der Waals surface area contributed by atoms with Crippen molar-refractivity contribution in [3.63, 3.8) is 0 Å². The molecule has 0 amide bonds. The van der Waals surface area contributed by atoms with Gasteiger partial charge in [0.05, 0.1) is 11.4 Å². The highest BCUT2D eigenvalue weighted by molar-refractivity contribution is 6.30. The Hall–Kier alpha value is -1.33. The molecule has 0 saturated carbocycles. The minimum absolute atomic E-state index is 0.694. The Labute approximate surface area is 105 Å². The van der Waals surface area contributed by atoms with Crippen molar-refractivity contribution in [1.82, 2.24) is 24.9 Å². The lowest BCUT2D eigenvalue weighted by Crippen LogP contribution is -2.15. The van der Waals surface area contributed by atoms with Crippen molar-refractivity contribution >= 4 is 11.6 Å². The van der Waals surface area contributed by atoms with Gasteiger partial charge in [-0.1, -0.05) is 11.6 Å². The average molecular weight is 254 g/mol. The van der Waals surface area contributed by atoms with E-state index in [0.717, 1.165) is 23.5 Å². The molecule has 1 N–H and O–H groups in total. The zero-order chi connectivity index (χ0) is 12.4. The number of halogens is 1. The number of hydrogen-bond acceptors (Lipinski definition) is 3. The molecule has 2 aromatic rings. The summed E-state index contributed by atoms with van der Waals surface area (Å²) >= 11 is 6.15. The number of hydrogen-bond donors (Lipinski definition) is 1. The molecular weight excluding hydrogens is 238 g/mol. The minimum Gasteiger partial charge on any atom is -0.307 e. The first-order valence-electron chi connectivity index (χ1n) is 5.45. The van der Waals surface area contributed by atoms with Gasteiger partial charge in [-0.05, 0) is 13.0 Å². The molecule has 2 rings (SSSR count). The molecule has 0 unspecified atom stereocenters. The van der Waals surface area contributed by atoms with E-state index in [1.807, 2.05) is 31.8 Å². The van der Waals surface area contributed by atoms with Gasteiger partial charge in [0.1, 0.15) is 5.15 Å². The molecule has 92 valence electrons. The van der Waals surface area contributed by atoms with Gasteiger partial charge in [0, 0.05) is 38.9 Å². The predicted octanol–water partition coefficient (Wildman–Crippen LogP) is 1.41. The first-order valence-corrected chi connectivity index (χ1v) is 5.83. The lowest BCUT2D eigenvalue weighted by Gasteiger charge is -2.05. The van der Waals surface area contributed by atoms with Gasteiger partial charge in [0.25, 0.3) is 0 Å². The van der Waals surface area contributed by atoms with Crippen LogP contribution in [-0.2, 0) is 27.2 Å². The van der Waals surface area contributed by atoms with E-state index in [1.165, 1.54) is 0 Å². The summed E-state index contributed by atoms with van der Waals surface area (Å²) in [6.07, 6.45) is 1.79. The highest BCUT2D eigenvalue weighted by Gasteiger charge is 2.10. The van der Waals surface area contributed by atoms with Gasteiger partial charge in [-0.2, -0.15) is 10.2 Å². The first-order chi connectivity index (χ1) is 8.09. The van der Waals surface area contributed by atoms with Crippen molar-refractivity contribution in [1.29, 1.82) is 0 Å². The van der Waals surface area contributed by atoms with Crippen LogP contribution in [0.4, 0.5) is 0 Å². The number of nitrogens with zero attached hydrogens (tertiary/aromatic N) is 4. The third-order valence-electron chi connectivity index (χ3n) is 2.80. The molecule has 0 bridgehead atoms. The zero-order valence-electron chi connectivity index (χ0n) is 10.2. The van der Waals surface area contributed by atoms with Crippen molar-refractivity contribution in [3.8, 4) is 0 Å². The van der Waals surface area contributed by atoms with Crippen LogP contribution < -0.4 is 5.32 Å². The molecule has 5 nitrogen and oxygen atoms in total. The second kappa shape index (κ2) is 4.89. The maximum absolute atomic E-state index is 6.15. The van der Waals surface area contributed by atoms with Crippen molar-refractivity contribution in [2.75, 3.05) is 0 Å². The van der Waals surface area contributed by atoms with E-state index in [0.29, 0.717) is 11.7 Å². The molecule has 0 aliphatic carbocycles. The van der Waals surface area contributed by atoms with Gasteiger partial charge >= 0.3 is 0 Å². The summed E-state index contributed by atoms with van der Waals surface area (Å²) in [5.74, 6) is 0. The van der Waals surface area contributed by atoms with Crippen LogP contribution >= 0.6 is 11.6 Å². The van der Waals surface area contributed by atoms with Crippen LogP contribution in [0, 0.1) is 6.92 Å². The van der Waals surface area contributed by atoms with Crippen LogP contribution in [0.25, 0.3) is 0 Å². The average Bonchev–Trinajstić information content (AvgIpc) is 2.78. The van der Waals surface area contributed by atoms with Crippen molar-refractivity contribution in [2.24, 2.45) is 14.1 Å². The fourth-order valence-corrected chi connectivity index (χ4v) is 2.01. The smallest absolute Gasteiger partial charge is 0.131 e. The van der Waals surface area contributed by atoms with Crippen LogP contribution in [0.5, 0.6) is 0 Å². The van der Waals surface area contributed by atoms with E-state index in [2.05, 4.69) is 15.5 Å². The van der Waals surface area contributed by atoms with Gasteiger partial charge in [0.15, 0.2) is 0 Å². The normalized spacial score (nSPS) is 11.1. The maximum atomic E-state index is 6.15. The number of aromatic nitrogens is 4. The zero-order valence-corrected chi connectivity index (χ0v) is 11.0. The third kappa shape index (κ3) is 2.50. The summed E-state index contributed by atoms with van der Waals surface area (Å²) in [6.45, 7) is 3.44. The number of aryl methyl sites for hydroxylation is 3. The van der Waals surface area contributed by atoms with E-state index in [-0.39, 0.29) is 0 Å². The SMILES string of the molecule is Cc1nn(C)c(Cl)c1CNCc1ccnn1C.